The number of unbranched alkanes of at least 4 members (excludes halogenated alkanes) is 3. The van der Waals surface area contributed by atoms with Gasteiger partial charge in [-0.25, -0.2) is 13.6 Å². The van der Waals surface area contributed by atoms with Crippen LogP contribution in [-0.2, 0) is 66.1 Å². The highest BCUT2D eigenvalue weighted by Gasteiger charge is 2.46. The number of amides is 2. The summed E-state index contributed by atoms with van der Waals surface area (Å²) in [6, 6.07) is 16.1. The maximum atomic E-state index is 13.5. The predicted molar refractivity (Wildman–Crippen MR) is 317 cm³/mol. The molecule has 0 fully saturated rings. The Hall–Kier alpha value is -6.71. The molecular formula is C54H61N8O16S6+. The van der Waals surface area contributed by atoms with Crippen LogP contribution in [0, 0.1) is 0 Å². The van der Waals surface area contributed by atoms with Crippen LogP contribution in [0.4, 0.5) is 16.5 Å². The molecule has 8 N–H and O–H groups in total. The maximum absolute atomic E-state index is 13.5. The smallest absolute Gasteiger partial charge is 0.295 e. The highest BCUT2D eigenvalue weighted by atomic mass is 32.3. The van der Waals surface area contributed by atoms with Crippen LogP contribution in [0.15, 0.2) is 122 Å². The number of nitrogens with two attached hydrogens (primary N) is 1. The van der Waals surface area contributed by atoms with Crippen LogP contribution >= 0.6 is 11.3 Å². The topological polar surface area (TPSA) is 381 Å². The minimum atomic E-state index is -5.09. The van der Waals surface area contributed by atoms with Gasteiger partial charge in [-0.05, 0) is 116 Å². The zero-order valence-corrected chi connectivity index (χ0v) is 50.9. The lowest BCUT2D eigenvalue weighted by Crippen LogP contribution is -2.28. The Morgan fingerprint density at radius 1 is 0.750 bits per heavy atom. The van der Waals surface area contributed by atoms with E-state index in [9.17, 15) is 69.9 Å². The quantitative estimate of drug-likeness (QED) is 0.0108. The molecule has 2 aromatic heterocycles. The molecule has 0 unspecified atom stereocenters. The summed E-state index contributed by atoms with van der Waals surface area (Å²) in [6.45, 7) is 10.3. The number of carbonyl (C=O) groups is 2. The van der Waals surface area contributed by atoms with Crippen LogP contribution in [0.1, 0.15) is 107 Å². The van der Waals surface area contributed by atoms with Crippen molar-refractivity contribution in [2.75, 3.05) is 35.6 Å². The SMILES string of the molecule is CCCC[N+]1=C(/C=C/C(=C/C=C2/N(CCCS(=O)(=O)O)c3ccc4c(S(=O)(=O)O)cc(S(=O)(=O)O)cc4c3C2(C)C)c2ccc(C(=O)NCCCCCC(=O)Nc3nnc(S(N)(=O)=O)s3)cn2)C(C)(C)c2c1ccc1ccc(S(=O)(=O)O)cc21. The van der Waals surface area contributed by atoms with E-state index in [2.05, 4.69) is 25.4 Å². The molecule has 0 bridgehead atoms. The molecule has 2 aliphatic heterocycles. The average molecular weight is 1270 g/mol. The van der Waals surface area contributed by atoms with Crippen LogP contribution < -0.4 is 20.7 Å². The molecule has 6 aromatic rings. The number of hydrogen-bond acceptors (Lipinski definition) is 17. The monoisotopic (exact) mass is 1270 g/mol. The van der Waals surface area contributed by atoms with Gasteiger partial charge in [0.2, 0.25) is 21.1 Å². The van der Waals surface area contributed by atoms with Crippen LogP contribution in [0.3, 0.4) is 0 Å². The summed E-state index contributed by atoms with van der Waals surface area (Å²) in [5, 5.41) is 18.8. The largest absolute Gasteiger partial charge is 0.352 e. The summed E-state index contributed by atoms with van der Waals surface area (Å²) in [6.07, 6.45) is 11.6. The Kier molecular flexibility index (Phi) is 18.1. The van der Waals surface area contributed by atoms with Gasteiger partial charge in [0.05, 0.1) is 32.2 Å². The second-order valence-corrected chi connectivity index (χ2v) is 29.7. The highest BCUT2D eigenvalue weighted by Crippen LogP contribution is 2.52. The fourth-order valence-corrected chi connectivity index (χ4v) is 14.3. The summed E-state index contributed by atoms with van der Waals surface area (Å²) < 4.78 is 165. The van der Waals surface area contributed by atoms with Crippen molar-refractivity contribution in [3.63, 3.8) is 0 Å². The van der Waals surface area contributed by atoms with Gasteiger partial charge in [0.25, 0.3) is 56.4 Å². The number of fused-ring (bicyclic) bond motifs is 6. The second-order valence-electron chi connectivity index (χ2n) is 21.1. The van der Waals surface area contributed by atoms with Gasteiger partial charge < -0.3 is 15.5 Å². The van der Waals surface area contributed by atoms with Crippen molar-refractivity contribution in [3.8, 4) is 0 Å². The highest BCUT2D eigenvalue weighted by molar-refractivity contribution is 7.91. The van der Waals surface area contributed by atoms with Crippen molar-refractivity contribution >= 4 is 123 Å². The summed E-state index contributed by atoms with van der Waals surface area (Å²) in [7, 11) is -23.3. The Labute approximate surface area is 490 Å². The Morgan fingerprint density at radius 3 is 2.08 bits per heavy atom. The number of benzene rings is 4. The number of nitrogens with zero attached hydrogens (tertiary/aromatic N) is 5. The fraction of sp³-hybridized carbons (Fsp3) is 0.333. The molecule has 30 heteroatoms. The van der Waals surface area contributed by atoms with Crippen molar-refractivity contribution < 1.29 is 74.5 Å². The van der Waals surface area contributed by atoms with Crippen molar-refractivity contribution in [3.05, 3.63) is 125 Å². The Balaban J connectivity index is 1.18. The number of anilines is 2. The third-order valence-electron chi connectivity index (χ3n) is 14.5. The summed E-state index contributed by atoms with van der Waals surface area (Å²) in [5.41, 5.74) is 2.67. The van der Waals surface area contributed by atoms with Gasteiger partial charge in [-0.3, -0.25) is 32.8 Å². The number of sulfonamides is 1. The Morgan fingerprint density at radius 2 is 1.45 bits per heavy atom. The van der Waals surface area contributed by atoms with E-state index in [1.165, 1.54) is 30.5 Å². The molecule has 0 spiro atoms. The minimum absolute atomic E-state index is 0.0173. The number of carbonyl (C=O) groups excluding carboxylic acids is 2. The zero-order valence-electron chi connectivity index (χ0n) is 46.0. The van der Waals surface area contributed by atoms with Gasteiger partial charge in [-0.15, -0.1) is 10.2 Å². The number of hydrogen-bond donors (Lipinski definition) is 7. The van der Waals surface area contributed by atoms with Crippen molar-refractivity contribution in [2.45, 2.75) is 109 Å². The molecule has 0 aliphatic carbocycles. The number of nitrogens with one attached hydrogen (secondary N) is 2. The van der Waals surface area contributed by atoms with E-state index in [-0.39, 0.29) is 52.3 Å². The lowest BCUT2D eigenvalue weighted by molar-refractivity contribution is -0.438. The summed E-state index contributed by atoms with van der Waals surface area (Å²) in [5.74, 6) is -1.50. The van der Waals surface area contributed by atoms with Crippen LogP contribution in [-0.4, -0.2) is 123 Å². The normalized spacial score (nSPS) is 16.0. The third kappa shape index (κ3) is 13.8. The molecule has 0 atom stereocenters. The molecule has 2 amide bonds. The molecular weight excluding hydrogens is 1210 g/mol. The third-order valence-corrected chi connectivity index (χ3v) is 20.1. The first-order valence-corrected chi connectivity index (χ1v) is 34.4. The maximum Gasteiger partial charge on any atom is 0.295 e. The number of pyridine rings is 1. The molecule has 4 aromatic carbocycles. The molecule has 4 heterocycles. The lowest BCUT2D eigenvalue weighted by Gasteiger charge is -2.27. The van der Waals surface area contributed by atoms with Crippen molar-refractivity contribution in [2.24, 2.45) is 5.14 Å². The minimum Gasteiger partial charge on any atom is -0.352 e. The zero-order chi connectivity index (χ0) is 61.5. The van der Waals surface area contributed by atoms with E-state index in [1.807, 2.05) is 45.1 Å². The number of aromatic nitrogens is 3. The van der Waals surface area contributed by atoms with E-state index >= 15 is 0 Å². The molecule has 24 nitrogen and oxygen atoms in total. The predicted octanol–water partition coefficient (Wildman–Crippen LogP) is 7.33. The van der Waals surface area contributed by atoms with E-state index in [1.54, 1.807) is 49.1 Å². The van der Waals surface area contributed by atoms with Gasteiger partial charge in [0.15, 0.2) is 5.71 Å². The molecule has 84 heavy (non-hydrogen) atoms. The molecule has 0 saturated heterocycles. The van der Waals surface area contributed by atoms with E-state index in [0.717, 1.165) is 41.3 Å². The first-order chi connectivity index (χ1) is 39.1. The van der Waals surface area contributed by atoms with Gasteiger partial charge in [0.1, 0.15) is 11.4 Å². The first-order valence-electron chi connectivity index (χ1n) is 26.1. The van der Waals surface area contributed by atoms with Crippen LogP contribution in [0.5, 0.6) is 0 Å². The van der Waals surface area contributed by atoms with E-state index < -0.39 is 93.0 Å². The van der Waals surface area contributed by atoms with E-state index in [0.29, 0.717) is 76.8 Å². The van der Waals surface area contributed by atoms with Gasteiger partial charge in [-0.2, -0.15) is 38.2 Å². The second kappa shape index (κ2) is 24.0. The Bertz CT molecular complexity index is 4390. The molecule has 0 radical (unpaired) electrons. The summed E-state index contributed by atoms with van der Waals surface area (Å²) in [4.78, 5) is 30.5. The number of allylic oxidation sites excluding steroid dienone is 6. The average Bonchev–Trinajstić information content (AvgIpc) is 1.97. The van der Waals surface area contributed by atoms with Crippen LogP contribution in [0.2, 0.25) is 0 Å². The number of primary sulfonamides is 1. The molecule has 8 rings (SSSR count). The molecule has 2 aliphatic rings. The van der Waals surface area contributed by atoms with Gasteiger partial charge >= 0.3 is 0 Å². The van der Waals surface area contributed by atoms with Crippen LogP contribution in [0.25, 0.3) is 27.1 Å². The van der Waals surface area contributed by atoms with Gasteiger partial charge in [0, 0.05) is 77.6 Å². The standard InChI is InChI=1S/C54H60N8O16S6/c1-6-7-26-61-42-21-15-33-13-18-36(82(70,71)72)29-39(33)48(42)53(2,3)45(61)23-16-34(41-20-14-35(32-57-41)50(64)56-25-10-8-9-12-47(63)58-51-59-60-52(79-51)81(55,68)69)17-24-46-54(4,5)49-40-30-37(83(73,74)75)31-44(84(76,77)78)38(40)19-22-43(49)62(46)27-11-28-80(65,66)67/h13-24,29-32H,6-12,25-28H2,1-5H3,(H7-,55,56,58,59,63,64,65,66,67,68,69,70,71,72,73,74,75,76,77,78)/p+1. The first kappa shape index (κ1) is 63.3. The van der Waals surface area contributed by atoms with Gasteiger partial charge in [-0.1, -0.05) is 63.2 Å². The lowest BCUT2D eigenvalue weighted by atomic mass is 9.79. The number of rotatable bonds is 23. The molecule has 448 valence electrons. The fourth-order valence-electron chi connectivity index (χ4n) is 10.6. The summed E-state index contributed by atoms with van der Waals surface area (Å²) >= 11 is 0.622. The van der Waals surface area contributed by atoms with Crippen molar-refractivity contribution in [1.82, 2.24) is 20.5 Å². The van der Waals surface area contributed by atoms with Crippen molar-refractivity contribution in [1.29, 1.82) is 0 Å². The molecule has 0 saturated carbocycles. The van der Waals surface area contributed by atoms with E-state index in [4.69, 9.17) is 10.1 Å².